The third kappa shape index (κ3) is 5.91. The average molecular weight is 283 g/mol. The van der Waals surface area contributed by atoms with Gasteiger partial charge in [0.2, 0.25) is 5.91 Å². The van der Waals surface area contributed by atoms with Crippen LogP contribution in [0.5, 0.6) is 0 Å². The van der Waals surface area contributed by atoms with Gasteiger partial charge in [0.15, 0.2) is 0 Å². The largest absolute Gasteiger partial charge is 0.481 e. The summed E-state index contributed by atoms with van der Waals surface area (Å²) in [5.74, 6) is -3.11. The molecule has 19 heavy (non-hydrogen) atoms. The summed E-state index contributed by atoms with van der Waals surface area (Å²) in [5.41, 5.74) is 0. The Morgan fingerprint density at radius 2 is 1.79 bits per heavy atom. The number of benzene rings is 1. The van der Waals surface area contributed by atoms with Crippen molar-refractivity contribution in [3.8, 4) is 0 Å². The van der Waals surface area contributed by atoms with Crippen LogP contribution >= 0.6 is 11.8 Å². The van der Waals surface area contributed by atoms with Crippen LogP contribution in [-0.2, 0) is 14.4 Å². The fraction of sp³-hybridized carbons (Fsp3) is 0.250. The Morgan fingerprint density at radius 3 is 2.32 bits per heavy atom. The molecule has 0 aliphatic rings. The van der Waals surface area contributed by atoms with Gasteiger partial charge >= 0.3 is 11.9 Å². The van der Waals surface area contributed by atoms with Crippen molar-refractivity contribution in [3.63, 3.8) is 0 Å². The Hall–Kier alpha value is -2.02. The summed E-state index contributed by atoms with van der Waals surface area (Å²) in [6, 6.07) is 7.74. The van der Waals surface area contributed by atoms with Crippen molar-refractivity contribution in [2.75, 3.05) is 5.75 Å². The summed E-state index contributed by atoms with van der Waals surface area (Å²) in [6.07, 6.45) is -0.642. The monoisotopic (exact) mass is 283 g/mol. The Labute approximate surface area is 113 Å². The van der Waals surface area contributed by atoms with Gasteiger partial charge in [0.05, 0.1) is 12.2 Å². The smallest absolute Gasteiger partial charge is 0.326 e. The SMILES string of the molecule is O=C(O)CC(NC(=O)CSc1ccccc1)C(=O)O. The number of aliphatic carboxylic acids is 2. The first-order chi connectivity index (χ1) is 8.99. The molecule has 1 rings (SSSR count). The molecule has 0 heterocycles. The summed E-state index contributed by atoms with van der Waals surface area (Å²) in [5, 5.41) is 19.5. The lowest BCUT2D eigenvalue weighted by molar-refractivity contribution is -0.147. The standard InChI is InChI=1S/C12H13NO5S/c14-10(7-19-8-4-2-1-3-5-8)13-9(12(17)18)6-11(15)16/h1-5,9H,6-7H2,(H,13,14)(H,15,16)(H,17,18). The van der Waals surface area contributed by atoms with E-state index >= 15 is 0 Å². The van der Waals surface area contributed by atoms with Crippen molar-refractivity contribution in [2.45, 2.75) is 17.4 Å². The van der Waals surface area contributed by atoms with Crippen LogP contribution in [0.1, 0.15) is 6.42 Å². The van der Waals surface area contributed by atoms with Crippen molar-refractivity contribution in [2.24, 2.45) is 0 Å². The van der Waals surface area contributed by atoms with Gasteiger partial charge in [-0.3, -0.25) is 9.59 Å². The second-order valence-electron chi connectivity index (χ2n) is 3.66. The van der Waals surface area contributed by atoms with E-state index < -0.39 is 30.3 Å². The molecule has 0 spiro atoms. The van der Waals surface area contributed by atoms with Crippen LogP contribution in [0.2, 0.25) is 0 Å². The molecule has 0 aliphatic heterocycles. The number of carboxylic acids is 2. The van der Waals surface area contributed by atoms with Gasteiger partial charge < -0.3 is 15.5 Å². The average Bonchev–Trinajstić information content (AvgIpc) is 2.36. The number of hydrogen-bond acceptors (Lipinski definition) is 4. The Balaban J connectivity index is 2.45. The van der Waals surface area contributed by atoms with Gasteiger partial charge in [-0.15, -0.1) is 11.8 Å². The van der Waals surface area contributed by atoms with Crippen LogP contribution in [0.4, 0.5) is 0 Å². The molecular formula is C12H13NO5S. The molecule has 1 unspecified atom stereocenters. The highest BCUT2D eigenvalue weighted by Gasteiger charge is 2.22. The summed E-state index contributed by atoms with van der Waals surface area (Å²) in [6.45, 7) is 0. The first-order valence-corrected chi connectivity index (χ1v) is 6.39. The fourth-order valence-electron chi connectivity index (χ4n) is 1.28. The Bertz CT molecular complexity index is 462. The first-order valence-electron chi connectivity index (χ1n) is 5.41. The summed E-state index contributed by atoms with van der Waals surface area (Å²) in [4.78, 5) is 33.6. The predicted molar refractivity (Wildman–Crippen MR) is 69.0 cm³/mol. The molecule has 0 fully saturated rings. The second-order valence-corrected chi connectivity index (χ2v) is 4.71. The van der Waals surface area contributed by atoms with E-state index in [4.69, 9.17) is 10.2 Å². The highest BCUT2D eigenvalue weighted by Crippen LogP contribution is 2.16. The molecule has 102 valence electrons. The summed E-state index contributed by atoms with van der Waals surface area (Å²) < 4.78 is 0. The predicted octanol–water partition coefficient (Wildman–Crippen LogP) is 0.823. The van der Waals surface area contributed by atoms with E-state index in [1.165, 1.54) is 11.8 Å². The van der Waals surface area contributed by atoms with Crippen LogP contribution in [0.3, 0.4) is 0 Å². The van der Waals surface area contributed by atoms with Gasteiger partial charge in [0, 0.05) is 4.90 Å². The van der Waals surface area contributed by atoms with Crippen molar-refractivity contribution in [3.05, 3.63) is 30.3 Å². The van der Waals surface area contributed by atoms with E-state index in [0.29, 0.717) is 0 Å². The zero-order chi connectivity index (χ0) is 14.3. The number of nitrogens with one attached hydrogen (secondary N) is 1. The topological polar surface area (TPSA) is 104 Å². The van der Waals surface area contributed by atoms with Crippen molar-refractivity contribution < 1.29 is 24.6 Å². The fourth-order valence-corrected chi connectivity index (χ4v) is 2.01. The van der Waals surface area contributed by atoms with Gasteiger partial charge in [0.1, 0.15) is 6.04 Å². The molecule has 0 bridgehead atoms. The van der Waals surface area contributed by atoms with Gasteiger partial charge in [-0.2, -0.15) is 0 Å². The number of carbonyl (C=O) groups excluding carboxylic acids is 1. The van der Waals surface area contributed by atoms with E-state index in [-0.39, 0.29) is 5.75 Å². The highest BCUT2D eigenvalue weighted by molar-refractivity contribution is 8.00. The molecule has 0 radical (unpaired) electrons. The molecule has 0 aromatic heterocycles. The number of rotatable bonds is 7. The van der Waals surface area contributed by atoms with Gasteiger partial charge in [0.25, 0.3) is 0 Å². The van der Waals surface area contributed by atoms with E-state index in [9.17, 15) is 14.4 Å². The lowest BCUT2D eigenvalue weighted by Crippen LogP contribution is -2.43. The summed E-state index contributed by atoms with van der Waals surface area (Å²) >= 11 is 1.25. The highest BCUT2D eigenvalue weighted by atomic mass is 32.2. The molecule has 1 aromatic carbocycles. The lowest BCUT2D eigenvalue weighted by Gasteiger charge is -2.12. The van der Waals surface area contributed by atoms with Crippen molar-refractivity contribution in [1.29, 1.82) is 0 Å². The third-order valence-electron chi connectivity index (χ3n) is 2.13. The maximum atomic E-state index is 11.5. The quantitative estimate of drug-likeness (QED) is 0.640. The van der Waals surface area contributed by atoms with Crippen LogP contribution < -0.4 is 5.32 Å². The van der Waals surface area contributed by atoms with E-state index in [2.05, 4.69) is 5.32 Å². The minimum atomic E-state index is -1.40. The van der Waals surface area contributed by atoms with Crippen molar-refractivity contribution in [1.82, 2.24) is 5.32 Å². The molecule has 6 nitrogen and oxygen atoms in total. The van der Waals surface area contributed by atoms with Crippen molar-refractivity contribution >= 4 is 29.6 Å². The Morgan fingerprint density at radius 1 is 1.16 bits per heavy atom. The molecular weight excluding hydrogens is 270 g/mol. The van der Waals surface area contributed by atoms with Gasteiger partial charge in [-0.25, -0.2) is 4.79 Å². The minimum Gasteiger partial charge on any atom is -0.481 e. The number of carbonyl (C=O) groups is 3. The van der Waals surface area contributed by atoms with E-state index in [0.717, 1.165) is 4.90 Å². The molecule has 1 aromatic rings. The number of carboxylic acid groups (broad SMARTS) is 2. The third-order valence-corrected chi connectivity index (χ3v) is 3.14. The Kier molecular flexibility index (Phi) is 5.87. The molecule has 0 saturated carbocycles. The zero-order valence-electron chi connectivity index (χ0n) is 9.91. The normalized spacial score (nSPS) is 11.6. The van der Waals surface area contributed by atoms with Crippen LogP contribution in [0.15, 0.2) is 35.2 Å². The number of amides is 1. The maximum absolute atomic E-state index is 11.5. The molecule has 7 heteroatoms. The molecule has 1 amide bonds. The summed E-state index contributed by atoms with van der Waals surface area (Å²) in [7, 11) is 0. The van der Waals surface area contributed by atoms with Crippen LogP contribution in [0.25, 0.3) is 0 Å². The molecule has 3 N–H and O–H groups in total. The van der Waals surface area contributed by atoms with Crippen LogP contribution in [-0.4, -0.2) is 39.9 Å². The van der Waals surface area contributed by atoms with Gasteiger partial charge in [-0.1, -0.05) is 18.2 Å². The molecule has 1 atom stereocenters. The zero-order valence-corrected chi connectivity index (χ0v) is 10.7. The molecule has 0 aliphatic carbocycles. The number of thioether (sulfide) groups is 1. The molecule has 0 saturated heterocycles. The van der Waals surface area contributed by atoms with E-state index in [1.807, 2.05) is 30.3 Å². The minimum absolute atomic E-state index is 0.0351. The van der Waals surface area contributed by atoms with E-state index in [1.54, 1.807) is 0 Å². The lowest BCUT2D eigenvalue weighted by atomic mass is 10.2. The first kappa shape index (κ1) is 15.0. The second kappa shape index (κ2) is 7.42. The van der Waals surface area contributed by atoms with Crippen LogP contribution in [0, 0.1) is 0 Å². The van der Waals surface area contributed by atoms with Gasteiger partial charge in [-0.05, 0) is 12.1 Å². The maximum Gasteiger partial charge on any atom is 0.326 e. The number of hydrogen-bond donors (Lipinski definition) is 3.